The van der Waals surface area contributed by atoms with Crippen molar-refractivity contribution >= 4 is 11.9 Å². The third kappa shape index (κ3) is 4.29. The summed E-state index contributed by atoms with van der Waals surface area (Å²) in [6, 6.07) is 0. The van der Waals surface area contributed by atoms with Crippen LogP contribution in [-0.4, -0.2) is 35.7 Å². The zero-order chi connectivity index (χ0) is 14.6. The van der Waals surface area contributed by atoms with E-state index in [4.69, 9.17) is 4.74 Å². The van der Waals surface area contributed by atoms with Crippen molar-refractivity contribution in [2.24, 2.45) is 11.3 Å². The van der Waals surface area contributed by atoms with E-state index in [0.29, 0.717) is 0 Å². The van der Waals surface area contributed by atoms with E-state index in [0.717, 1.165) is 0 Å². The second-order valence-electron chi connectivity index (χ2n) is 5.54. The standard InChI is InChI=1S/C13H25NO4/c1-7-18-11(16)12(4,5)10(15)14-8-13(6,17)9(2)3/h9,17H,7-8H2,1-6H3,(H,14,15)/t13-/m0/s1. The Bertz CT molecular complexity index is 308. The molecule has 1 atom stereocenters. The largest absolute Gasteiger partial charge is 0.465 e. The van der Waals surface area contributed by atoms with E-state index in [1.165, 1.54) is 13.8 Å². The Kier molecular flexibility index (Phi) is 5.80. The first kappa shape index (κ1) is 16.9. The molecule has 18 heavy (non-hydrogen) atoms. The van der Waals surface area contributed by atoms with E-state index in [9.17, 15) is 14.7 Å². The molecule has 106 valence electrons. The summed E-state index contributed by atoms with van der Waals surface area (Å²) in [6.07, 6.45) is 0. The summed E-state index contributed by atoms with van der Waals surface area (Å²) >= 11 is 0. The van der Waals surface area contributed by atoms with Gasteiger partial charge in [-0.15, -0.1) is 0 Å². The highest BCUT2D eigenvalue weighted by atomic mass is 16.5. The second kappa shape index (κ2) is 6.18. The Morgan fingerprint density at radius 3 is 2.17 bits per heavy atom. The minimum absolute atomic E-state index is 0.00325. The highest BCUT2D eigenvalue weighted by Gasteiger charge is 2.38. The van der Waals surface area contributed by atoms with Crippen molar-refractivity contribution in [2.45, 2.75) is 47.1 Å². The predicted octanol–water partition coefficient (Wildman–Crippen LogP) is 1.10. The van der Waals surface area contributed by atoms with Crippen molar-refractivity contribution in [3.8, 4) is 0 Å². The molecule has 0 aliphatic heterocycles. The number of esters is 1. The molecular weight excluding hydrogens is 234 g/mol. The molecule has 0 aliphatic carbocycles. The van der Waals surface area contributed by atoms with E-state index in [1.807, 2.05) is 13.8 Å². The normalized spacial score (nSPS) is 15.1. The lowest BCUT2D eigenvalue weighted by atomic mass is 9.90. The fourth-order valence-electron chi connectivity index (χ4n) is 1.09. The van der Waals surface area contributed by atoms with E-state index in [-0.39, 0.29) is 19.1 Å². The molecule has 0 rings (SSSR count). The molecular formula is C13H25NO4. The monoisotopic (exact) mass is 259 g/mol. The van der Waals surface area contributed by atoms with Crippen LogP contribution >= 0.6 is 0 Å². The molecule has 5 heteroatoms. The van der Waals surface area contributed by atoms with Gasteiger partial charge in [-0.05, 0) is 33.6 Å². The van der Waals surface area contributed by atoms with Gasteiger partial charge in [0.15, 0.2) is 0 Å². The number of nitrogens with one attached hydrogen (secondary N) is 1. The summed E-state index contributed by atoms with van der Waals surface area (Å²) in [5.41, 5.74) is -2.25. The van der Waals surface area contributed by atoms with Crippen LogP contribution in [0.5, 0.6) is 0 Å². The number of carbonyl (C=O) groups is 2. The van der Waals surface area contributed by atoms with Gasteiger partial charge in [-0.25, -0.2) is 0 Å². The maximum Gasteiger partial charge on any atom is 0.321 e. The molecule has 0 unspecified atom stereocenters. The van der Waals surface area contributed by atoms with Gasteiger partial charge in [0.2, 0.25) is 5.91 Å². The fourth-order valence-corrected chi connectivity index (χ4v) is 1.09. The Morgan fingerprint density at radius 1 is 1.28 bits per heavy atom. The molecule has 0 fully saturated rings. The average Bonchev–Trinajstić information content (AvgIpc) is 2.25. The van der Waals surface area contributed by atoms with Gasteiger partial charge in [-0.1, -0.05) is 13.8 Å². The Balaban J connectivity index is 4.54. The van der Waals surface area contributed by atoms with Crippen molar-refractivity contribution < 1.29 is 19.4 Å². The van der Waals surface area contributed by atoms with Crippen LogP contribution in [0.3, 0.4) is 0 Å². The van der Waals surface area contributed by atoms with Gasteiger partial charge >= 0.3 is 5.97 Å². The van der Waals surface area contributed by atoms with Gasteiger partial charge in [-0.3, -0.25) is 9.59 Å². The summed E-state index contributed by atoms with van der Waals surface area (Å²) in [6.45, 7) is 10.4. The molecule has 0 radical (unpaired) electrons. The van der Waals surface area contributed by atoms with Crippen molar-refractivity contribution in [3.63, 3.8) is 0 Å². The summed E-state index contributed by atoms with van der Waals surface area (Å²) in [5.74, 6) is -1.00. The van der Waals surface area contributed by atoms with Crippen molar-refractivity contribution in [3.05, 3.63) is 0 Å². The van der Waals surface area contributed by atoms with Crippen LogP contribution in [0, 0.1) is 11.3 Å². The summed E-state index contributed by atoms with van der Waals surface area (Å²) < 4.78 is 4.84. The third-order valence-corrected chi connectivity index (χ3v) is 3.20. The first-order chi connectivity index (χ1) is 8.05. The number of ether oxygens (including phenoxy) is 1. The minimum Gasteiger partial charge on any atom is -0.465 e. The number of hydrogen-bond donors (Lipinski definition) is 2. The van der Waals surface area contributed by atoms with Crippen LogP contribution in [0.15, 0.2) is 0 Å². The molecule has 5 nitrogen and oxygen atoms in total. The SMILES string of the molecule is CCOC(=O)C(C)(C)C(=O)NC[C@](C)(O)C(C)C. The van der Waals surface area contributed by atoms with Crippen LogP contribution in [0.25, 0.3) is 0 Å². The lowest BCUT2D eigenvalue weighted by molar-refractivity contribution is -0.159. The van der Waals surface area contributed by atoms with Crippen molar-refractivity contribution in [2.75, 3.05) is 13.2 Å². The quantitative estimate of drug-likeness (QED) is 0.553. The fraction of sp³-hybridized carbons (Fsp3) is 0.846. The number of hydrogen-bond acceptors (Lipinski definition) is 4. The zero-order valence-corrected chi connectivity index (χ0v) is 12.2. The van der Waals surface area contributed by atoms with Crippen LogP contribution in [-0.2, 0) is 14.3 Å². The van der Waals surface area contributed by atoms with E-state index in [2.05, 4.69) is 5.32 Å². The van der Waals surface area contributed by atoms with Gasteiger partial charge in [0.1, 0.15) is 5.41 Å². The first-order valence-electron chi connectivity index (χ1n) is 6.23. The minimum atomic E-state index is -1.25. The molecule has 0 heterocycles. The molecule has 0 saturated carbocycles. The van der Waals surface area contributed by atoms with E-state index < -0.39 is 22.9 Å². The molecule has 2 N–H and O–H groups in total. The summed E-state index contributed by atoms with van der Waals surface area (Å²) in [5, 5.41) is 12.6. The Hall–Kier alpha value is -1.10. The van der Waals surface area contributed by atoms with Crippen LogP contribution in [0.2, 0.25) is 0 Å². The summed E-state index contributed by atoms with van der Waals surface area (Å²) in [7, 11) is 0. The van der Waals surface area contributed by atoms with E-state index in [1.54, 1.807) is 13.8 Å². The van der Waals surface area contributed by atoms with Gasteiger partial charge in [0.05, 0.1) is 12.2 Å². The molecule has 0 aromatic carbocycles. The van der Waals surface area contributed by atoms with Gasteiger partial charge < -0.3 is 15.2 Å². The highest BCUT2D eigenvalue weighted by molar-refractivity contribution is 6.01. The molecule has 0 spiro atoms. The smallest absolute Gasteiger partial charge is 0.321 e. The molecule has 1 amide bonds. The first-order valence-corrected chi connectivity index (χ1v) is 6.23. The molecule has 0 aliphatic rings. The van der Waals surface area contributed by atoms with Crippen molar-refractivity contribution in [1.82, 2.24) is 5.32 Å². The van der Waals surface area contributed by atoms with E-state index >= 15 is 0 Å². The maximum absolute atomic E-state index is 11.9. The highest BCUT2D eigenvalue weighted by Crippen LogP contribution is 2.19. The van der Waals surface area contributed by atoms with Crippen LogP contribution in [0.4, 0.5) is 0 Å². The lowest BCUT2D eigenvalue weighted by Crippen LogP contribution is -2.50. The Labute approximate surface area is 109 Å². The van der Waals surface area contributed by atoms with Gasteiger partial charge in [0.25, 0.3) is 0 Å². The second-order valence-corrected chi connectivity index (χ2v) is 5.54. The lowest BCUT2D eigenvalue weighted by Gasteiger charge is -2.30. The van der Waals surface area contributed by atoms with Crippen LogP contribution < -0.4 is 5.32 Å². The molecule has 0 aromatic heterocycles. The number of rotatable bonds is 6. The zero-order valence-electron chi connectivity index (χ0n) is 12.2. The van der Waals surface area contributed by atoms with Gasteiger partial charge in [-0.2, -0.15) is 0 Å². The molecule has 0 bridgehead atoms. The van der Waals surface area contributed by atoms with Crippen molar-refractivity contribution in [1.29, 1.82) is 0 Å². The number of aliphatic hydroxyl groups is 1. The van der Waals surface area contributed by atoms with Gasteiger partial charge in [0, 0.05) is 6.54 Å². The topological polar surface area (TPSA) is 75.6 Å². The number of amides is 1. The predicted molar refractivity (Wildman–Crippen MR) is 68.9 cm³/mol. The molecule has 0 aromatic rings. The third-order valence-electron chi connectivity index (χ3n) is 3.20. The summed E-state index contributed by atoms with van der Waals surface area (Å²) in [4.78, 5) is 23.5. The Morgan fingerprint density at radius 2 is 1.78 bits per heavy atom. The van der Waals surface area contributed by atoms with Crippen LogP contribution in [0.1, 0.15) is 41.5 Å². The average molecular weight is 259 g/mol. The maximum atomic E-state index is 11.9. The molecule has 0 saturated heterocycles. The number of carbonyl (C=O) groups excluding carboxylic acids is 2.